The van der Waals surface area contributed by atoms with E-state index in [0.717, 1.165) is 12.8 Å². The summed E-state index contributed by atoms with van der Waals surface area (Å²) in [6, 6.07) is 0. The molecule has 12 heavy (non-hydrogen) atoms. The van der Waals surface area contributed by atoms with Crippen LogP contribution in [0.15, 0.2) is 0 Å². The number of amides is 1. The number of carbonyl (C=O) groups excluding carboxylic acids is 1. The zero-order valence-electron chi connectivity index (χ0n) is 7.43. The molecule has 0 aromatic carbocycles. The molecule has 0 aromatic heterocycles. The Balaban J connectivity index is 3.03. The number of rotatable bonds is 7. The maximum atomic E-state index is 10.8. The fourth-order valence-electron chi connectivity index (χ4n) is 0.671. The Hall–Kier alpha value is -0.180. The van der Waals surface area contributed by atoms with Crippen molar-refractivity contribution in [3.05, 3.63) is 0 Å². The molecule has 0 aliphatic carbocycles. The molecule has 4 nitrogen and oxygen atoms in total. The summed E-state index contributed by atoms with van der Waals surface area (Å²) in [5, 5.41) is 5.47. The molecule has 0 saturated heterocycles. The average Bonchev–Trinajstić information content (AvgIpc) is 2.05. The lowest BCUT2D eigenvalue weighted by molar-refractivity contribution is -0.120. The van der Waals surface area contributed by atoms with Crippen LogP contribution >= 0.6 is 9.24 Å². The van der Waals surface area contributed by atoms with Gasteiger partial charge in [0, 0.05) is 6.54 Å². The van der Waals surface area contributed by atoms with Crippen molar-refractivity contribution in [2.45, 2.75) is 0 Å². The van der Waals surface area contributed by atoms with Gasteiger partial charge < -0.3 is 15.4 Å². The van der Waals surface area contributed by atoms with Gasteiger partial charge in [-0.1, -0.05) is 0 Å². The van der Waals surface area contributed by atoms with Crippen molar-refractivity contribution >= 4 is 15.1 Å². The Labute approximate surface area is 75.6 Å². The average molecular weight is 192 g/mol. The predicted octanol–water partition coefficient (Wildman–Crippen LogP) is -0.786. The molecule has 2 N–H and O–H groups in total. The second kappa shape index (κ2) is 8.91. The van der Waals surface area contributed by atoms with Crippen LogP contribution in [0.5, 0.6) is 0 Å². The highest BCUT2D eigenvalue weighted by Gasteiger charge is 1.95. The molecule has 72 valence electrons. The van der Waals surface area contributed by atoms with E-state index in [1.807, 2.05) is 0 Å². The molecule has 0 fully saturated rings. The Morgan fingerprint density at radius 2 is 2.25 bits per heavy atom. The van der Waals surface area contributed by atoms with E-state index in [0.29, 0.717) is 19.7 Å². The minimum Gasteiger partial charge on any atom is -0.379 e. The van der Waals surface area contributed by atoms with Gasteiger partial charge in [0.05, 0.1) is 19.8 Å². The standard InChI is InChI=1S/C7H17N2O2P/c1-8-6-7(10)9-2-3-11-4-5-12/h8H,2-6,12H2,1H3,(H,9,10). The molecule has 0 aliphatic heterocycles. The summed E-state index contributed by atoms with van der Waals surface area (Å²) in [6.07, 6.45) is 0.935. The minimum atomic E-state index is 0.00646. The summed E-state index contributed by atoms with van der Waals surface area (Å²) in [5.41, 5.74) is 0. The van der Waals surface area contributed by atoms with Crippen LogP contribution in [0.4, 0.5) is 0 Å². The lowest BCUT2D eigenvalue weighted by Gasteiger charge is -2.04. The summed E-state index contributed by atoms with van der Waals surface area (Å²) in [5.74, 6) is 0.00646. The fraction of sp³-hybridized carbons (Fsp3) is 0.857. The van der Waals surface area contributed by atoms with Crippen LogP contribution in [0.1, 0.15) is 0 Å². The molecule has 1 amide bonds. The molecular weight excluding hydrogens is 175 g/mol. The quantitative estimate of drug-likeness (QED) is 0.410. The van der Waals surface area contributed by atoms with Crippen molar-refractivity contribution in [2.75, 3.05) is 39.5 Å². The van der Waals surface area contributed by atoms with Gasteiger partial charge in [0.1, 0.15) is 0 Å². The zero-order valence-corrected chi connectivity index (χ0v) is 8.58. The lowest BCUT2D eigenvalue weighted by Crippen LogP contribution is -2.34. The maximum Gasteiger partial charge on any atom is 0.234 e. The summed E-state index contributed by atoms with van der Waals surface area (Å²) in [6.45, 7) is 2.27. The monoisotopic (exact) mass is 192 g/mol. The van der Waals surface area contributed by atoms with Crippen molar-refractivity contribution < 1.29 is 9.53 Å². The number of nitrogens with one attached hydrogen (secondary N) is 2. The van der Waals surface area contributed by atoms with E-state index in [4.69, 9.17) is 4.74 Å². The van der Waals surface area contributed by atoms with Gasteiger partial charge >= 0.3 is 0 Å². The Bertz CT molecular complexity index is 122. The summed E-state index contributed by atoms with van der Waals surface area (Å²) in [7, 11) is 4.32. The molecule has 1 atom stereocenters. The van der Waals surface area contributed by atoms with E-state index < -0.39 is 0 Å². The minimum absolute atomic E-state index is 0.00646. The largest absolute Gasteiger partial charge is 0.379 e. The number of likely N-dealkylation sites (N-methyl/N-ethyl adjacent to an activating group) is 1. The first kappa shape index (κ1) is 11.8. The first-order valence-electron chi connectivity index (χ1n) is 4.00. The number of hydrogen-bond donors (Lipinski definition) is 2. The van der Waals surface area contributed by atoms with E-state index in [9.17, 15) is 4.79 Å². The van der Waals surface area contributed by atoms with Gasteiger partial charge in [0.15, 0.2) is 0 Å². The van der Waals surface area contributed by atoms with Gasteiger partial charge in [-0.3, -0.25) is 4.79 Å². The third kappa shape index (κ3) is 7.92. The van der Waals surface area contributed by atoms with Gasteiger partial charge in [-0.15, -0.1) is 9.24 Å². The van der Waals surface area contributed by atoms with Crippen LogP contribution in [0.3, 0.4) is 0 Å². The topological polar surface area (TPSA) is 50.4 Å². The van der Waals surface area contributed by atoms with Gasteiger partial charge in [-0.25, -0.2) is 0 Å². The first-order valence-corrected chi connectivity index (χ1v) is 4.82. The Kier molecular flexibility index (Phi) is 8.78. The molecule has 0 bridgehead atoms. The Morgan fingerprint density at radius 3 is 2.83 bits per heavy atom. The van der Waals surface area contributed by atoms with Crippen LogP contribution in [0.25, 0.3) is 0 Å². The summed E-state index contributed by atoms with van der Waals surface area (Å²) in [4.78, 5) is 10.8. The molecule has 0 aliphatic rings. The van der Waals surface area contributed by atoms with E-state index in [1.165, 1.54) is 0 Å². The van der Waals surface area contributed by atoms with Crippen molar-refractivity contribution in [3.63, 3.8) is 0 Å². The van der Waals surface area contributed by atoms with E-state index >= 15 is 0 Å². The third-order valence-corrected chi connectivity index (χ3v) is 1.40. The van der Waals surface area contributed by atoms with Gasteiger partial charge in [-0.05, 0) is 13.2 Å². The van der Waals surface area contributed by atoms with Crippen LogP contribution in [0.2, 0.25) is 0 Å². The molecule has 0 saturated carbocycles. The molecule has 0 aromatic rings. The molecule has 0 radical (unpaired) electrons. The second-order valence-corrected chi connectivity index (χ2v) is 2.86. The summed E-state index contributed by atoms with van der Waals surface area (Å²) < 4.78 is 5.16. The number of ether oxygens (including phenoxy) is 1. The van der Waals surface area contributed by atoms with Crippen LogP contribution in [-0.4, -0.2) is 45.4 Å². The van der Waals surface area contributed by atoms with Crippen molar-refractivity contribution in [2.24, 2.45) is 0 Å². The third-order valence-electron chi connectivity index (χ3n) is 1.17. The lowest BCUT2D eigenvalue weighted by atomic mass is 10.5. The van der Waals surface area contributed by atoms with Crippen LogP contribution < -0.4 is 10.6 Å². The smallest absolute Gasteiger partial charge is 0.234 e. The van der Waals surface area contributed by atoms with Crippen molar-refractivity contribution in [1.29, 1.82) is 0 Å². The van der Waals surface area contributed by atoms with E-state index in [1.54, 1.807) is 7.05 Å². The SMILES string of the molecule is CNCC(=O)NCCOCCP. The highest BCUT2D eigenvalue weighted by molar-refractivity contribution is 7.16. The van der Waals surface area contributed by atoms with Crippen LogP contribution in [-0.2, 0) is 9.53 Å². The molecule has 0 heterocycles. The summed E-state index contributed by atoms with van der Waals surface area (Å²) >= 11 is 0. The molecular formula is C7H17N2O2P. The number of hydrogen-bond acceptors (Lipinski definition) is 3. The van der Waals surface area contributed by atoms with Gasteiger partial charge in [0.25, 0.3) is 0 Å². The van der Waals surface area contributed by atoms with E-state index in [-0.39, 0.29) is 5.91 Å². The highest BCUT2D eigenvalue weighted by atomic mass is 31.0. The number of carbonyl (C=O) groups is 1. The van der Waals surface area contributed by atoms with E-state index in [2.05, 4.69) is 19.9 Å². The molecule has 1 unspecified atom stereocenters. The maximum absolute atomic E-state index is 10.8. The molecule has 0 spiro atoms. The Morgan fingerprint density at radius 1 is 1.50 bits per heavy atom. The van der Waals surface area contributed by atoms with Crippen LogP contribution in [0, 0.1) is 0 Å². The zero-order chi connectivity index (χ0) is 9.23. The van der Waals surface area contributed by atoms with Crippen molar-refractivity contribution in [3.8, 4) is 0 Å². The fourth-order valence-corrected chi connectivity index (χ4v) is 0.838. The van der Waals surface area contributed by atoms with Gasteiger partial charge in [0.2, 0.25) is 5.91 Å². The van der Waals surface area contributed by atoms with Crippen molar-refractivity contribution in [1.82, 2.24) is 10.6 Å². The second-order valence-electron chi connectivity index (χ2n) is 2.28. The predicted molar refractivity (Wildman–Crippen MR) is 52.3 cm³/mol. The van der Waals surface area contributed by atoms with Gasteiger partial charge in [-0.2, -0.15) is 0 Å². The molecule has 5 heteroatoms. The molecule has 0 rings (SSSR count). The highest BCUT2D eigenvalue weighted by Crippen LogP contribution is 1.80. The normalized spacial score (nSPS) is 9.83. The first-order chi connectivity index (χ1) is 5.81.